The normalized spacial score (nSPS) is 33.0. The van der Waals surface area contributed by atoms with Crippen molar-refractivity contribution in [2.75, 3.05) is 7.11 Å². The molecule has 0 amide bonds. The van der Waals surface area contributed by atoms with Crippen LogP contribution in [0.25, 0.3) is 11.1 Å². The Bertz CT molecular complexity index is 966. The van der Waals surface area contributed by atoms with Gasteiger partial charge in [-0.2, -0.15) is 0 Å². The Labute approximate surface area is 162 Å². The summed E-state index contributed by atoms with van der Waals surface area (Å²) in [6.45, 7) is 2.31. The molecule has 4 aliphatic rings. The molecule has 6 rings (SSSR count). The quantitative estimate of drug-likeness (QED) is 0.575. The van der Waals surface area contributed by atoms with E-state index >= 15 is 0 Å². The minimum atomic E-state index is 0.732. The lowest BCUT2D eigenvalue weighted by atomic mass is 9.74. The summed E-state index contributed by atoms with van der Waals surface area (Å²) < 4.78 is 5.92. The molecule has 0 aliphatic heterocycles. The molecule has 4 aliphatic carbocycles. The summed E-state index contributed by atoms with van der Waals surface area (Å²) in [5.41, 5.74) is 11.0. The van der Waals surface area contributed by atoms with Crippen LogP contribution in [-0.4, -0.2) is 7.11 Å². The van der Waals surface area contributed by atoms with Gasteiger partial charge in [-0.25, -0.2) is 0 Å². The van der Waals surface area contributed by atoms with Gasteiger partial charge in [-0.05, 0) is 109 Å². The fourth-order valence-electron chi connectivity index (χ4n) is 7.18. The van der Waals surface area contributed by atoms with Crippen molar-refractivity contribution in [3.05, 3.63) is 64.2 Å². The fraction of sp³-hybridized carbons (Fsp3) is 0.462. The van der Waals surface area contributed by atoms with Crippen molar-refractivity contribution in [2.24, 2.45) is 17.8 Å². The maximum absolute atomic E-state index is 5.92. The van der Waals surface area contributed by atoms with Crippen molar-refractivity contribution in [3.63, 3.8) is 0 Å². The van der Waals surface area contributed by atoms with Gasteiger partial charge in [0.25, 0.3) is 0 Å². The van der Waals surface area contributed by atoms with Gasteiger partial charge in [-0.3, -0.25) is 0 Å². The molecule has 2 fully saturated rings. The predicted octanol–water partition coefficient (Wildman–Crippen LogP) is 6.39. The molecule has 4 atom stereocenters. The summed E-state index contributed by atoms with van der Waals surface area (Å²) in [5.74, 6) is 4.35. The van der Waals surface area contributed by atoms with Crippen molar-refractivity contribution in [1.29, 1.82) is 0 Å². The number of hydrogen-bond acceptors (Lipinski definition) is 1. The molecule has 0 spiro atoms. The minimum absolute atomic E-state index is 0.732. The number of benzene rings is 2. The zero-order valence-corrected chi connectivity index (χ0v) is 16.4. The van der Waals surface area contributed by atoms with Crippen molar-refractivity contribution >= 4 is 11.1 Å². The molecule has 0 heterocycles. The third kappa shape index (κ3) is 2.06. The Morgan fingerprint density at radius 1 is 0.889 bits per heavy atom. The maximum Gasteiger partial charge on any atom is 0.126 e. The molecule has 2 aromatic carbocycles. The van der Waals surface area contributed by atoms with Gasteiger partial charge in [0, 0.05) is 5.56 Å². The SMILES string of the molecule is COc1cccc2c1/C(=C1\CCCc3cccc(C)c31)C1C2[C@@H]2CC[C@H]1C2. The van der Waals surface area contributed by atoms with E-state index in [1.54, 1.807) is 27.8 Å². The molecule has 2 saturated carbocycles. The summed E-state index contributed by atoms with van der Waals surface area (Å²) >= 11 is 0. The summed E-state index contributed by atoms with van der Waals surface area (Å²) in [6.07, 6.45) is 8.05. The molecule has 2 bridgehead atoms. The van der Waals surface area contributed by atoms with Crippen molar-refractivity contribution in [2.45, 2.75) is 51.4 Å². The smallest absolute Gasteiger partial charge is 0.126 e. The van der Waals surface area contributed by atoms with Crippen LogP contribution in [0.2, 0.25) is 0 Å². The van der Waals surface area contributed by atoms with Gasteiger partial charge in [0.2, 0.25) is 0 Å². The molecule has 2 unspecified atom stereocenters. The number of methoxy groups -OCH3 is 1. The van der Waals surface area contributed by atoms with Gasteiger partial charge >= 0.3 is 0 Å². The average molecular weight is 357 g/mol. The van der Waals surface area contributed by atoms with E-state index in [1.165, 1.54) is 49.7 Å². The Morgan fingerprint density at radius 2 is 1.70 bits per heavy atom. The molecule has 2 aromatic rings. The third-order valence-electron chi connectivity index (χ3n) is 8.02. The van der Waals surface area contributed by atoms with Gasteiger partial charge in [0.1, 0.15) is 5.75 Å². The summed E-state index contributed by atoms with van der Waals surface area (Å²) in [7, 11) is 1.85. The topological polar surface area (TPSA) is 9.23 Å². The molecule has 1 nitrogen and oxygen atoms in total. The highest BCUT2D eigenvalue weighted by Crippen LogP contribution is 2.68. The van der Waals surface area contributed by atoms with Gasteiger partial charge in [0.15, 0.2) is 0 Å². The highest BCUT2D eigenvalue weighted by Gasteiger charge is 2.55. The van der Waals surface area contributed by atoms with Crippen LogP contribution in [0.3, 0.4) is 0 Å². The van der Waals surface area contributed by atoms with Gasteiger partial charge in [-0.1, -0.05) is 30.3 Å². The molecule has 27 heavy (non-hydrogen) atoms. The van der Waals surface area contributed by atoms with E-state index in [4.69, 9.17) is 4.74 Å². The van der Waals surface area contributed by atoms with Crippen molar-refractivity contribution < 1.29 is 4.74 Å². The maximum atomic E-state index is 5.92. The van der Waals surface area contributed by atoms with E-state index in [0.717, 1.165) is 29.4 Å². The first-order chi connectivity index (χ1) is 13.3. The van der Waals surface area contributed by atoms with E-state index in [9.17, 15) is 0 Å². The van der Waals surface area contributed by atoms with E-state index in [-0.39, 0.29) is 0 Å². The summed E-state index contributed by atoms with van der Waals surface area (Å²) in [4.78, 5) is 0. The Morgan fingerprint density at radius 3 is 2.56 bits per heavy atom. The Balaban J connectivity index is 1.68. The number of allylic oxidation sites excluding steroid dienone is 2. The second-order valence-corrected chi connectivity index (χ2v) is 9.16. The van der Waals surface area contributed by atoms with Crippen LogP contribution < -0.4 is 4.74 Å². The van der Waals surface area contributed by atoms with Crippen LogP contribution in [-0.2, 0) is 6.42 Å². The van der Waals surface area contributed by atoms with Gasteiger partial charge in [-0.15, -0.1) is 0 Å². The van der Waals surface area contributed by atoms with E-state index in [1.807, 2.05) is 7.11 Å². The van der Waals surface area contributed by atoms with Gasteiger partial charge < -0.3 is 4.74 Å². The number of aryl methyl sites for hydroxylation is 2. The van der Waals surface area contributed by atoms with Crippen molar-refractivity contribution in [3.8, 4) is 5.75 Å². The number of hydrogen-bond donors (Lipinski definition) is 0. The van der Waals surface area contributed by atoms with Crippen LogP contribution in [0, 0.1) is 24.7 Å². The first kappa shape index (κ1) is 16.0. The predicted molar refractivity (Wildman–Crippen MR) is 111 cm³/mol. The van der Waals surface area contributed by atoms with Crippen LogP contribution in [0.5, 0.6) is 5.75 Å². The van der Waals surface area contributed by atoms with Gasteiger partial charge in [0.05, 0.1) is 7.11 Å². The standard InChI is InChI=1S/C26H28O/c1-15-6-3-7-16-8-4-9-19(22(15)16)26-24-18-13-12-17(14-18)23(24)20-10-5-11-21(27-2)25(20)26/h3,5-7,10-11,17-18,23-24H,4,8-9,12-14H2,1-2H3/b26-19+/t17-,18+,23?,24?/m1/s1. The number of ether oxygens (including phenoxy) is 1. The average Bonchev–Trinajstić information content (AvgIpc) is 3.39. The van der Waals surface area contributed by atoms with Crippen LogP contribution in [0.1, 0.15) is 65.8 Å². The molecule has 0 radical (unpaired) electrons. The molecular weight excluding hydrogens is 328 g/mol. The highest BCUT2D eigenvalue weighted by molar-refractivity contribution is 5.99. The molecular formula is C26H28O. The van der Waals surface area contributed by atoms with Crippen LogP contribution >= 0.6 is 0 Å². The molecule has 138 valence electrons. The molecule has 0 aromatic heterocycles. The largest absolute Gasteiger partial charge is 0.496 e. The third-order valence-corrected chi connectivity index (χ3v) is 8.02. The zero-order valence-electron chi connectivity index (χ0n) is 16.4. The van der Waals surface area contributed by atoms with Crippen molar-refractivity contribution in [1.82, 2.24) is 0 Å². The summed E-state index contributed by atoms with van der Waals surface area (Å²) in [6, 6.07) is 13.7. The molecule has 0 saturated heterocycles. The molecule has 1 heteroatoms. The number of rotatable bonds is 1. The lowest BCUT2D eigenvalue weighted by Gasteiger charge is -2.30. The first-order valence-corrected chi connectivity index (χ1v) is 10.8. The van der Waals surface area contributed by atoms with E-state index in [0.29, 0.717) is 0 Å². The Hall–Kier alpha value is -2.02. The fourth-order valence-corrected chi connectivity index (χ4v) is 7.18. The minimum Gasteiger partial charge on any atom is -0.496 e. The van der Waals surface area contributed by atoms with E-state index < -0.39 is 0 Å². The first-order valence-electron chi connectivity index (χ1n) is 10.8. The monoisotopic (exact) mass is 356 g/mol. The number of fused-ring (bicyclic) bond motifs is 8. The summed E-state index contributed by atoms with van der Waals surface area (Å²) in [5, 5.41) is 0. The lowest BCUT2D eigenvalue weighted by molar-refractivity contribution is 0.364. The second kappa shape index (κ2) is 5.74. The van der Waals surface area contributed by atoms with Crippen LogP contribution in [0.15, 0.2) is 36.4 Å². The van der Waals surface area contributed by atoms with E-state index in [2.05, 4.69) is 43.3 Å². The highest BCUT2D eigenvalue weighted by atomic mass is 16.5. The van der Waals surface area contributed by atoms with Crippen LogP contribution in [0.4, 0.5) is 0 Å². The zero-order chi connectivity index (χ0) is 18.1. The lowest BCUT2D eigenvalue weighted by Crippen LogP contribution is -2.17. The Kier molecular flexibility index (Phi) is 3.40. The second-order valence-electron chi connectivity index (χ2n) is 9.16. The molecule has 0 N–H and O–H groups in total.